The summed E-state index contributed by atoms with van der Waals surface area (Å²) in [5.74, 6) is -0.203. The summed E-state index contributed by atoms with van der Waals surface area (Å²) in [6.07, 6.45) is 2.25. The Morgan fingerprint density at radius 3 is 2.76 bits per heavy atom. The van der Waals surface area contributed by atoms with E-state index in [0.29, 0.717) is 12.6 Å². The van der Waals surface area contributed by atoms with Crippen LogP contribution in [0.15, 0.2) is 42.5 Å². The molecule has 1 aliphatic rings. The fourth-order valence-electron chi connectivity index (χ4n) is 3.12. The number of rotatable bonds is 3. The summed E-state index contributed by atoms with van der Waals surface area (Å²) in [6.45, 7) is 3.33. The number of aryl methyl sites for hydroxylation is 1. The van der Waals surface area contributed by atoms with Crippen LogP contribution in [0.4, 0.5) is 10.1 Å². The predicted molar refractivity (Wildman–Crippen MR) is 84.7 cm³/mol. The Kier molecular flexibility index (Phi) is 3.93. The second-order valence-corrected chi connectivity index (χ2v) is 5.82. The fraction of sp³-hybridized carbons (Fsp3) is 0.333. The Morgan fingerprint density at radius 2 is 1.95 bits per heavy atom. The zero-order valence-corrected chi connectivity index (χ0v) is 12.3. The first-order chi connectivity index (χ1) is 10.2. The molecule has 1 aliphatic heterocycles. The SMILES string of the molecule is CC1CCc2ccccc2N1Cc1cc(F)cc(CN)c1. The van der Waals surface area contributed by atoms with Crippen LogP contribution < -0.4 is 10.6 Å². The smallest absolute Gasteiger partial charge is 0.123 e. The molecule has 0 radical (unpaired) electrons. The van der Waals surface area contributed by atoms with Crippen molar-refractivity contribution >= 4 is 5.69 Å². The topological polar surface area (TPSA) is 29.3 Å². The summed E-state index contributed by atoms with van der Waals surface area (Å²) in [7, 11) is 0. The van der Waals surface area contributed by atoms with Crippen molar-refractivity contribution in [3.8, 4) is 0 Å². The molecule has 2 aromatic rings. The number of anilines is 1. The average Bonchev–Trinajstić information content (AvgIpc) is 2.49. The van der Waals surface area contributed by atoms with Gasteiger partial charge in [0.25, 0.3) is 0 Å². The van der Waals surface area contributed by atoms with E-state index in [0.717, 1.165) is 30.5 Å². The molecule has 0 bridgehead atoms. The molecule has 3 rings (SSSR count). The van der Waals surface area contributed by atoms with Gasteiger partial charge in [0.1, 0.15) is 5.82 Å². The first-order valence-corrected chi connectivity index (χ1v) is 7.50. The molecule has 0 fully saturated rings. The van der Waals surface area contributed by atoms with Gasteiger partial charge < -0.3 is 10.6 Å². The maximum absolute atomic E-state index is 13.7. The molecule has 1 atom stereocenters. The third-order valence-electron chi connectivity index (χ3n) is 4.27. The van der Waals surface area contributed by atoms with Crippen molar-refractivity contribution < 1.29 is 4.39 Å². The van der Waals surface area contributed by atoms with Crippen LogP contribution in [0.1, 0.15) is 30.0 Å². The van der Waals surface area contributed by atoms with E-state index in [1.165, 1.54) is 17.3 Å². The lowest BCUT2D eigenvalue weighted by atomic mass is 9.96. The van der Waals surface area contributed by atoms with Crippen molar-refractivity contribution in [1.29, 1.82) is 0 Å². The van der Waals surface area contributed by atoms with Gasteiger partial charge in [-0.1, -0.05) is 24.3 Å². The zero-order chi connectivity index (χ0) is 14.8. The van der Waals surface area contributed by atoms with Gasteiger partial charge in [0.15, 0.2) is 0 Å². The molecule has 110 valence electrons. The molecule has 3 heteroatoms. The molecule has 2 aromatic carbocycles. The van der Waals surface area contributed by atoms with Crippen molar-refractivity contribution in [2.24, 2.45) is 5.73 Å². The van der Waals surface area contributed by atoms with Gasteiger partial charge in [0.05, 0.1) is 0 Å². The van der Waals surface area contributed by atoms with Crippen LogP contribution in [0.3, 0.4) is 0 Å². The second-order valence-electron chi connectivity index (χ2n) is 5.82. The predicted octanol–water partition coefficient (Wildman–Crippen LogP) is 3.63. The van der Waals surface area contributed by atoms with Gasteiger partial charge in [-0.15, -0.1) is 0 Å². The molecule has 0 aromatic heterocycles. The molecule has 1 unspecified atom stereocenters. The molecule has 0 aliphatic carbocycles. The number of nitrogens with zero attached hydrogens (tertiary/aromatic N) is 1. The standard InChI is InChI=1S/C18H21FN2/c1-13-6-7-16-4-2-3-5-18(16)21(13)12-15-8-14(11-20)9-17(19)10-15/h2-5,8-10,13H,6-7,11-12,20H2,1H3. The van der Waals surface area contributed by atoms with Crippen molar-refractivity contribution in [2.75, 3.05) is 4.90 Å². The molecule has 0 saturated heterocycles. The number of hydrogen-bond acceptors (Lipinski definition) is 2. The van der Waals surface area contributed by atoms with Crippen molar-refractivity contribution in [1.82, 2.24) is 0 Å². The number of fused-ring (bicyclic) bond motifs is 1. The Balaban J connectivity index is 1.92. The maximum atomic E-state index is 13.7. The number of benzene rings is 2. The second kappa shape index (κ2) is 5.86. The third-order valence-corrected chi connectivity index (χ3v) is 4.27. The highest BCUT2D eigenvalue weighted by Gasteiger charge is 2.22. The molecule has 0 amide bonds. The molecule has 0 saturated carbocycles. The minimum Gasteiger partial charge on any atom is -0.364 e. The Labute approximate surface area is 125 Å². The van der Waals surface area contributed by atoms with Crippen LogP contribution in [0.5, 0.6) is 0 Å². The zero-order valence-electron chi connectivity index (χ0n) is 12.3. The van der Waals surface area contributed by atoms with Gasteiger partial charge >= 0.3 is 0 Å². The van der Waals surface area contributed by atoms with E-state index in [1.54, 1.807) is 6.07 Å². The number of halogens is 1. The van der Waals surface area contributed by atoms with E-state index in [9.17, 15) is 4.39 Å². The Bertz CT molecular complexity index is 639. The summed E-state index contributed by atoms with van der Waals surface area (Å²) >= 11 is 0. The van der Waals surface area contributed by atoms with Crippen molar-refractivity contribution in [3.63, 3.8) is 0 Å². The summed E-state index contributed by atoms with van der Waals surface area (Å²) in [5, 5.41) is 0. The fourth-order valence-corrected chi connectivity index (χ4v) is 3.12. The van der Waals surface area contributed by atoms with Gasteiger partial charge in [-0.3, -0.25) is 0 Å². The molecular formula is C18H21FN2. The number of nitrogens with two attached hydrogens (primary N) is 1. The lowest BCUT2D eigenvalue weighted by Crippen LogP contribution is -2.36. The van der Waals surface area contributed by atoms with Gasteiger partial charge in [-0.2, -0.15) is 0 Å². The quantitative estimate of drug-likeness (QED) is 0.932. The summed E-state index contributed by atoms with van der Waals surface area (Å²) in [4.78, 5) is 2.37. The highest BCUT2D eigenvalue weighted by atomic mass is 19.1. The lowest BCUT2D eigenvalue weighted by Gasteiger charge is -2.37. The molecule has 2 N–H and O–H groups in total. The van der Waals surface area contributed by atoms with E-state index < -0.39 is 0 Å². The van der Waals surface area contributed by atoms with E-state index in [2.05, 4.69) is 36.1 Å². The minimum absolute atomic E-state index is 0.203. The van der Waals surface area contributed by atoms with Crippen LogP contribution in [-0.4, -0.2) is 6.04 Å². The molecule has 0 spiro atoms. The summed E-state index contributed by atoms with van der Waals surface area (Å²) in [5.41, 5.74) is 10.1. The first kappa shape index (κ1) is 14.1. The van der Waals surface area contributed by atoms with Crippen LogP contribution >= 0.6 is 0 Å². The van der Waals surface area contributed by atoms with E-state index >= 15 is 0 Å². The summed E-state index contributed by atoms with van der Waals surface area (Å²) < 4.78 is 13.7. The van der Waals surface area contributed by atoms with Crippen molar-refractivity contribution in [3.05, 3.63) is 65.0 Å². The van der Waals surface area contributed by atoms with Crippen molar-refractivity contribution in [2.45, 2.75) is 38.9 Å². The number of para-hydroxylation sites is 1. The molecule has 2 nitrogen and oxygen atoms in total. The first-order valence-electron chi connectivity index (χ1n) is 7.50. The van der Waals surface area contributed by atoms with Gasteiger partial charge in [-0.05, 0) is 54.7 Å². The number of hydrogen-bond donors (Lipinski definition) is 1. The molecule has 21 heavy (non-hydrogen) atoms. The summed E-state index contributed by atoms with van der Waals surface area (Å²) in [6, 6.07) is 14.1. The lowest BCUT2D eigenvalue weighted by molar-refractivity contribution is 0.557. The van der Waals surface area contributed by atoms with Crippen LogP contribution in [0.25, 0.3) is 0 Å². The Hall–Kier alpha value is -1.87. The van der Waals surface area contributed by atoms with E-state index in [-0.39, 0.29) is 5.82 Å². The monoisotopic (exact) mass is 284 g/mol. The normalized spacial score (nSPS) is 17.7. The Morgan fingerprint density at radius 1 is 1.19 bits per heavy atom. The van der Waals surface area contributed by atoms with E-state index in [4.69, 9.17) is 5.73 Å². The van der Waals surface area contributed by atoms with Crippen LogP contribution in [0, 0.1) is 5.82 Å². The van der Waals surface area contributed by atoms with Crippen LogP contribution in [0.2, 0.25) is 0 Å². The van der Waals surface area contributed by atoms with Gasteiger partial charge in [-0.25, -0.2) is 4.39 Å². The van der Waals surface area contributed by atoms with Gasteiger partial charge in [0.2, 0.25) is 0 Å². The minimum atomic E-state index is -0.203. The van der Waals surface area contributed by atoms with Gasteiger partial charge in [0, 0.05) is 24.8 Å². The van der Waals surface area contributed by atoms with E-state index in [1.807, 2.05) is 6.07 Å². The van der Waals surface area contributed by atoms with Crippen LogP contribution in [-0.2, 0) is 19.5 Å². The molecular weight excluding hydrogens is 263 g/mol. The average molecular weight is 284 g/mol. The maximum Gasteiger partial charge on any atom is 0.123 e. The highest BCUT2D eigenvalue weighted by Crippen LogP contribution is 2.31. The molecule has 1 heterocycles. The largest absolute Gasteiger partial charge is 0.364 e. The third kappa shape index (κ3) is 2.93. The highest BCUT2D eigenvalue weighted by molar-refractivity contribution is 5.56.